The summed E-state index contributed by atoms with van der Waals surface area (Å²) in [5, 5.41) is 4.90. The van der Waals surface area contributed by atoms with Gasteiger partial charge in [0.15, 0.2) is 23.0 Å². The van der Waals surface area contributed by atoms with Gasteiger partial charge in [-0.25, -0.2) is 0 Å². The van der Waals surface area contributed by atoms with E-state index in [9.17, 15) is 0 Å². The summed E-state index contributed by atoms with van der Waals surface area (Å²) in [4.78, 5) is 0. The van der Waals surface area contributed by atoms with Gasteiger partial charge in [-0.1, -0.05) is 217 Å². The summed E-state index contributed by atoms with van der Waals surface area (Å²) in [6.07, 6.45) is 29.7. The fraction of sp³-hybridized carbons (Fsp3) is 0.552. The molecule has 338 valence electrons. The Balaban J connectivity index is 1.47. The Morgan fingerprint density at radius 1 is 0.274 bits per heavy atom. The standard InChI is InChI=1S/C58H82O4/c1-5-9-13-17-21-29-41-59-53-39-37-47(45-55(53)61-43-31-23-19-15-11-7-3)57-49-33-25-27-35-51(49)58(52-36-28-26-34-50(52)57)48-38-40-54(60-42-30-22-18-14-10-6-2)56(46-48)62-44-32-24-20-16-12-8-4/h25-28,33-40,45-46H,5-24,29-32,41-44H2,1-4H3. The largest absolute Gasteiger partial charge is 0.490 e. The third-order valence-electron chi connectivity index (χ3n) is 12.4. The average molecular weight is 843 g/mol. The number of rotatable bonds is 34. The summed E-state index contributed by atoms with van der Waals surface area (Å²) in [6, 6.07) is 31.1. The Bertz CT molecular complexity index is 1780. The minimum absolute atomic E-state index is 0.700. The summed E-state index contributed by atoms with van der Waals surface area (Å²) >= 11 is 0. The van der Waals surface area contributed by atoms with Crippen molar-refractivity contribution in [2.75, 3.05) is 26.4 Å². The molecule has 5 aromatic rings. The topological polar surface area (TPSA) is 36.9 Å². The average Bonchev–Trinajstić information content (AvgIpc) is 3.30. The highest BCUT2D eigenvalue weighted by Gasteiger charge is 2.20. The molecule has 5 aromatic carbocycles. The highest BCUT2D eigenvalue weighted by Crippen LogP contribution is 2.46. The van der Waals surface area contributed by atoms with Gasteiger partial charge in [0.1, 0.15) is 0 Å². The van der Waals surface area contributed by atoms with Gasteiger partial charge < -0.3 is 18.9 Å². The first-order valence-corrected chi connectivity index (χ1v) is 25.4. The van der Waals surface area contributed by atoms with E-state index in [1.165, 1.54) is 161 Å². The van der Waals surface area contributed by atoms with E-state index in [-0.39, 0.29) is 0 Å². The summed E-state index contributed by atoms with van der Waals surface area (Å²) in [5.41, 5.74) is 4.75. The normalized spacial score (nSPS) is 11.4. The molecule has 0 saturated carbocycles. The number of benzene rings is 5. The van der Waals surface area contributed by atoms with Gasteiger partial charge in [-0.05, 0) is 93.7 Å². The summed E-state index contributed by atoms with van der Waals surface area (Å²) in [5.74, 6) is 3.41. The van der Waals surface area contributed by atoms with Crippen molar-refractivity contribution in [2.24, 2.45) is 0 Å². The van der Waals surface area contributed by atoms with Gasteiger partial charge >= 0.3 is 0 Å². The van der Waals surface area contributed by atoms with Crippen LogP contribution in [-0.4, -0.2) is 26.4 Å². The third-order valence-corrected chi connectivity index (χ3v) is 12.4. The van der Waals surface area contributed by atoms with E-state index in [1.54, 1.807) is 0 Å². The quantitative estimate of drug-likeness (QED) is 0.0305. The van der Waals surface area contributed by atoms with Gasteiger partial charge in [-0.3, -0.25) is 0 Å². The molecular formula is C58H82O4. The van der Waals surface area contributed by atoms with Crippen molar-refractivity contribution in [1.82, 2.24) is 0 Å². The molecule has 0 amide bonds. The molecule has 0 spiro atoms. The van der Waals surface area contributed by atoms with Gasteiger partial charge in [0.25, 0.3) is 0 Å². The molecule has 0 radical (unpaired) electrons. The fourth-order valence-corrected chi connectivity index (χ4v) is 8.80. The van der Waals surface area contributed by atoms with Crippen LogP contribution < -0.4 is 18.9 Å². The molecule has 0 fully saturated rings. The van der Waals surface area contributed by atoms with Crippen molar-refractivity contribution in [2.45, 2.75) is 182 Å². The van der Waals surface area contributed by atoms with Gasteiger partial charge in [-0.2, -0.15) is 0 Å². The molecule has 0 aromatic heterocycles. The van der Waals surface area contributed by atoms with Crippen molar-refractivity contribution in [1.29, 1.82) is 0 Å². The molecule has 5 rings (SSSR count). The highest BCUT2D eigenvalue weighted by molar-refractivity contribution is 6.21. The summed E-state index contributed by atoms with van der Waals surface area (Å²) in [7, 11) is 0. The zero-order valence-corrected chi connectivity index (χ0v) is 39.5. The van der Waals surface area contributed by atoms with Gasteiger partial charge in [-0.15, -0.1) is 0 Å². The molecule has 62 heavy (non-hydrogen) atoms. The maximum absolute atomic E-state index is 6.63. The maximum atomic E-state index is 6.63. The predicted molar refractivity (Wildman–Crippen MR) is 268 cm³/mol. The number of hydrogen-bond donors (Lipinski definition) is 0. The molecule has 0 N–H and O–H groups in total. The van der Waals surface area contributed by atoms with Crippen LogP contribution in [0.2, 0.25) is 0 Å². The molecule has 0 aliphatic rings. The van der Waals surface area contributed by atoms with E-state index in [1.807, 2.05) is 0 Å². The lowest BCUT2D eigenvalue weighted by Crippen LogP contribution is -2.03. The molecule has 0 bridgehead atoms. The molecule has 0 aliphatic carbocycles. The van der Waals surface area contributed by atoms with E-state index in [2.05, 4.69) is 113 Å². The Labute approximate surface area is 377 Å². The molecular weight excluding hydrogens is 761 g/mol. The van der Waals surface area contributed by atoms with E-state index >= 15 is 0 Å². The van der Waals surface area contributed by atoms with Crippen LogP contribution in [0.5, 0.6) is 23.0 Å². The van der Waals surface area contributed by atoms with Crippen molar-refractivity contribution in [3.05, 3.63) is 84.9 Å². The van der Waals surface area contributed by atoms with E-state index in [4.69, 9.17) is 18.9 Å². The Morgan fingerprint density at radius 2 is 0.532 bits per heavy atom. The first-order chi connectivity index (χ1) is 30.7. The van der Waals surface area contributed by atoms with Crippen LogP contribution in [0.25, 0.3) is 43.8 Å². The number of ether oxygens (including phenoxy) is 4. The molecule has 0 heterocycles. The molecule has 0 saturated heterocycles. The Kier molecular flexibility index (Phi) is 23.0. The molecule has 0 atom stereocenters. The van der Waals surface area contributed by atoms with Crippen LogP contribution in [-0.2, 0) is 0 Å². The second-order valence-electron chi connectivity index (χ2n) is 17.6. The van der Waals surface area contributed by atoms with Gasteiger partial charge in [0, 0.05) is 0 Å². The molecule has 4 nitrogen and oxygen atoms in total. The SMILES string of the molecule is CCCCCCCCOc1ccc(-c2c3ccccc3c(-c3ccc(OCCCCCCCC)c(OCCCCCCCC)c3)c3ccccc23)cc1OCCCCCCCC. The van der Waals surface area contributed by atoms with Crippen molar-refractivity contribution in [3.63, 3.8) is 0 Å². The number of unbranched alkanes of at least 4 members (excludes halogenated alkanes) is 20. The second-order valence-corrected chi connectivity index (χ2v) is 17.6. The zero-order valence-electron chi connectivity index (χ0n) is 39.5. The maximum Gasteiger partial charge on any atom is 0.161 e. The first-order valence-electron chi connectivity index (χ1n) is 25.4. The number of fused-ring (bicyclic) bond motifs is 2. The Morgan fingerprint density at radius 3 is 0.823 bits per heavy atom. The summed E-state index contributed by atoms with van der Waals surface area (Å²) in [6.45, 7) is 11.9. The van der Waals surface area contributed by atoms with Gasteiger partial charge in [0.2, 0.25) is 0 Å². The zero-order chi connectivity index (χ0) is 43.5. The fourth-order valence-electron chi connectivity index (χ4n) is 8.80. The Hall–Kier alpha value is -4.18. The third kappa shape index (κ3) is 15.6. The summed E-state index contributed by atoms with van der Waals surface area (Å²) < 4.78 is 26.2. The molecule has 0 unspecified atom stereocenters. The highest BCUT2D eigenvalue weighted by atomic mass is 16.5. The predicted octanol–water partition coefficient (Wildman–Crippen LogP) is 18.3. The van der Waals surface area contributed by atoms with Crippen LogP contribution in [0.15, 0.2) is 84.9 Å². The second kappa shape index (κ2) is 29.2. The van der Waals surface area contributed by atoms with E-state index < -0.39 is 0 Å². The smallest absolute Gasteiger partial charge is 0.161 e. The van der Waals surface area contributed by atoms with Crippen molar-refractivity contribution in [3.8, 4) is 45.3 Å². The minimum atomic E-state index is 0.700. The van der Waals surface area contributed by atoms with Crippen LogP contribution in [0, 0.1) is 0 Å². The van der Waals surface area contributed by atoms with Crippen LogP contribution in [0.4, 0.5) is 0 Å². The van der Waals surface area contributed by atoms with E-state index in [0.29, 0.717) is 26.4 Å². The van der Waals surface area contributed by atoms with Crippen LogP contribution in [0.3, 0.4) is 0 Å². The van der Waals surface area contributed by atoms with E-state index in [0.717, 1.165) is 59.8 Å². The molecule has 0 aliphatic heterocycles. The minimum Gasteiger partial charge on any atom is -0.490 e. The number of hydrogen-bond acceptors (Lipinski definition) is 4. The van der Waals surface area contributed by atoms with Crippen molar-refractivity contribution < 1.29 is 18.9 Å². The lowest BCUT2D eigenvalue weighted by Gasteiger charge is -2.20. The first kappa shape index (κ1) is 48.8. The van der Waals surface area contributed by atoms with Crippen LogP contribution >= 0.6 is 0 Å². The molecule has 4 heteroatoms. The van der Waals surface area contributed by atoms with Crippen LogP contribution in [0.1, 0.15) is 182 Å². The lowest BCUT2D eigenvalue weighted by atomic mass is 9.86. The van der Waals surface area contributed by atoms with Crippen molar-refractivity contribution >= 4 is 21.5 Å². The monoisotopic (exact) mass is 843 g/mol. The lowest BCUT2D eigenvalue weighted by molar-refractivity contribution is 0.258. The van der Waals surface area contributed by atoms with Gasteiger partial charge in [0.05, 0.1) is 26.4 Å².